The first-order chi connectivity index (χ1) is 15.8. The Morgan fingerprint density at radius 3 is 2.42 bits per heavy atom. The maximum absolute atomic E-state index is 12.6. The van der Waals surface area contributed by atoms with Crippen LogP contribution in [-0.4, -0.2) is 33.7 Å². The molecule has 0 saturated carbocycles. The van der Waals surface area contributed by atoms with Gasteiger partial charge in [-0.3, -0.25) is 14.3 Å². The topological polar surface area (TPSA) is 94.2 Å². The Balaban J connectivity index is 1.70. The van der Waals surface area contributed by atoms with Crippen LogP contribution in [0, 0.1) is 4.77 Å². The first kappa shape index (κ1) is 22.8. The normalized spacial score (nSPS) is 11.6. The highest BCUT2D eigenvalue weighted by Crippen LogP contribution is 2.29. The number of fused-ring (bicyclic) bond motifs is 1. The van der Waals surface area contributed by atoms with Crippen LogP contribution in [-0.2, 0) is 23.5 Å². The molecule has 2 heterocycles. The standard InChI is InChI=1S/C24H26N4O4S/c1-24(2,32-14-15-8-6-5-7-9-15)22-25-19-20(26-22)28(23(33)27-21(19)29)13-16-10-11-17(30-3)18(12-16)31-4/h5-12H,13-14H2,1-4H3,(H,25,26)(H,27,29,33). The number of hydrogen-bond donors (Lipinski definition) is 2. The third kappa shape index (κ3) is 4.69. The van der Waals surface area contributed by atoms with Crippen LogP contribution in [0.15, 0.2) is 53.3 Å². The van der Waals surface area contributed by atoms with Gasteiger partial charge in [-0.15, -0.1) is 0 Å². The molecule has 4 rings (SSSR count). The van der Waals surface area contributed by atoms with E-state index in [4.69, 9.17) is 31.4 Å². The van der Waals surface area contributed by atoms with Crippen LogP contribution in [0.25, 0.3) is 11.2 Å². The average Bonchev–Trinajstić information content (AvgIpc) is 3.28. The quantitative estimate of drug-likeness (QED) is 0.376. The van der Waals surface area contributed by atoms with Gasteiger partial charge >= 0.3 is 0 Å². The summed E-state index contributed by atoms with van der Waals surface area (Å²) in [6.45, 7) is 4.63. The van der Waals surface area contributed by atoms with Gasteiger partial charge in [0.05, 0.1) is 27.4 Å². The number of benzene rings is 2. The molecule has 0 aliphatic heterocycles. The second-order valence-electron chi connectivity index (χ2n) is 8.10. The first-order valence-electron chi connectivity index (χ1n) is 10.4. The predicted octanol–water partition coefficient (Wildman–Crippen LogP) is 4.30. The van der Waals surface area contributed by atoms with Gasteiger partial charge < -0.3 is 19.2 Å². The third-order valence-electron chi connectivity index (χ3n) is 5.43. The number of H-pyrrole nitrogens is 2. The fourth-order valence-corrected chi connectivity index (χ4v) is 3.78. The molecule has 0 atom stereocenters. The van der Waals surface area contributed by atoms with Gasteiger partial charge in [0.1, 0.15) is 16.9 Å². The van der Waals surface area contributed by atoms with E-state index in [-0.39, 0.29) is 10.3 Å². The summed E-state index contributed by atoms with van der Waals surface area (Å²) >= 11 is 5.46. The molecule has 9 heteroatoms. The Kier molecular flexibility index (Phi) is 6.35. The van der Waals surface area contributed by atoms with Crippen LogP contribution in [0.5, 0.6) is 11.5 Å². The van der Waals surface area contributed by atoms with Crippen molar-refractivity contribution in [3.8, 4) is 11.5 Å². The number of imidazole rings is 1. The van der Waals surface area contributed by atoms with Crippen LogP contribution in [0.2, 0.25) is 0 Å². The number of ether oxygens (including phenoxy) is 3. The molecular formula is C24H26N4O4S. The van der Waals surface area contributed by atoms with E-state index in [0.717, 1.165) is 11.1 Å². The van der Waals surface area contributed by atoms with Crippen LogP contribution in [0.3, 0.4) is 0 Å². The smallest absolute Gasteiger partial charge is 0.277 e. The van der Waals surface area contributed by atoms with Gasteiger partial charge in [-0.1, -0.05) is 36.4 Å². The van der Waals surface area contributed by atoms with E-state index in [1.807, 2.05) is 62.4 Å². The van der Waals surface area contributed by atoms with Crippen molar-refractivity contribution >= 4 is 23.4 Å². The molecule has 8 nitrogen and oxygen atoms in total. The van der Waals surface area contributed by atoms with E-state index in [2.05, 4.69) is 9.97 Å². The number of hydrogen-bond acceptors (Lipinski definition) is 6. The van der Waals surface area contributed by atoms with Crippen molar-refractivity contribution in [1.29, 1.82) is 0 Å². The zero-order chi connectivity index (χ0) is 23.6. The SMILES string of the molecule is COc1ccc(Cn2c(=S)[nH]c(=O)c3[nH]c(C(C)(C)OCc4ccccc4)nc32)cc1OC. The number of aromatic amines is 2. The van der Waals surface area contributed by atoms with E-state index >= 15 is 0 Å². The van der Waals surface area contributed by atoms with E-state index < -0.39 is 5.60 Å². The van der Waals surface area contributed by atoms with Gasteiger partial charge in [-0.05, 0) is 49.3 Å². The Hall–Kier alpha value is -3.43. The van der Waals surface area contributed by atoms with Crippen molar-refractivity contribution in [2.24, 2.45) is 0 Å². The summed E-state index contributed by atoms with van der Waals surface area (Å²) in [5, 5.41) is 0. The Bertz CT molecular complexity index is 1390. The highest BCUT2D eigenvalue weighted by atomic mass is 32.1. The molecule has 0 aliphatic carbocycles. The van der Waals surface area contributed by atoms with Gasteiger partial charge in [-0.2, -0.15) is 0 Å². The van der Waals surface area contributed by atoms with Crippen LogP contribution in [0.4, 0.5) is 0 Å². The number of nitrogens with zero attached hydrogens (tertiary/aromatic N) is 2. The lowest BCUT2D eigenvalue weighted by Gasteiger charge is -2.23. The lowest BCUT2D eigenvalue weighted by atomic mass is 10.1. The second-order valence-corrected chi connectivity index (χ2v) is 8.49. The molecule has 172 valence electrons. The second kappa shape index (κ2) is 9.21. The molecule has 0 aliphatic rings. The van der Waals surface area contributed by atoms with Crippen molar-refractivity contribution < 1.29 is 14.2 Å². The summed E-state index contributed by atoms with van der Waals surface area (Å²) in [7, 11) is 3.18. The zero-order valence-electron chi connectivity index (χ0n) is 19.0. The van der Waals surface area contributed by atoms with Crippen molar-refractivity contribution in [3.05, 3.63) is 80.6 Å². The van der Waals surface area contributed by atoms with Crippen molar-refractivity contribution in [2.75, 3.05) is 14.2 Å². The van der Waals surface area contributed by atoms with Gasteiger partial charge in [0.2, 0.25) is 0 Å². The molecule has 0 unspecified atom stereocenters. The molecule has 0 amide bonds. The summed E-state index contributed by atoms with van der Waals surface area (Å²) in [5.74, 6) is 1.79. The summed E-state index contributed by atoms with van der Waals surface area (Å²) in [4.78, 5) is 23.2. The van der Waals surface area contributed by atoms with E-state index in [1.165, 1.54) is 0 Å². The van der Waals surface area contributed by atoms with Crippen LogP contribution < -0.4 is 15.0 Å². The fourth-order valence-electron chi connectivity index (χ4n) is 3.54. The minimum atomic E-state index is -0.760. The molecule has 2 aromatic heterocycles. The maximum atomic E-state index is 12.6. The minimum absolute atomic E-state index is 0.281. The van der Waals surface area contributed by atoms with E-state index in [1.54, 1.807) is 18.8 Å². The number of aromatic nitrogens is 4. The predicted molar refractivity (Wildman–Crippen MR) is 128 cm³/mol. The molecular weight excluding hydrogens is 440 g/mol. The molecule has 0 radical (unpaired) electrons. The highest BCUT2D eigenvalue weighted by Gasteiger charge is 2.27. The summed E-state index contributed by atoms with van der Waals surface area (Å²) in [6.07, 6.45) is 0. The summed E-state index contributed by atoms with van der Waals surface area (Å²) < 4.78 is 18.9. The molecule has 0 saturated heterocycles. The first-order valence-corrected chi connectivity index (χ1v) is 10.9. The Morgan fingerprint density at radius 2 is 1.73 bits per heavy atom. The van der Waals surface area contributed by atoms with Gasteiger partial charge in [0.25, 0.3) is 5.56 Å². The van der Waals surface area contributed by atoms with Gasteiger partial charge in [0.15, 0.2) is 21.9 Å². The lowest BCUT2D eigenvalue weighted by Crippen LogP contribution is -2.23. The summed E-state index contributed by atoms with van der Waals surface area (Å²) in [6, 6.07) is 15.5. The Morgan fingerprint density at radius 1 is 1.00 bits per heavy atom. The van der Waals surface area contributed by atoms with Crippen molar-refractivity contribution in [2.45, 2.75) is 32.6 Å². The highest BCUT2D eigenvalue weighted by molar-refractivity contribution is 7.71. The molecule has 0 bridgehead atoms. The van der Waals surface area contributed by atoms with Crippen molar-refractivity contribution in [3.63, 3.8) is 0 Å². The summed E-state index contributed by atoms with van der Waals surface area (Å²) in [5.41, 5.74) is 1.69. The Labute approximate surface area is 196 Å². The van der Waals surface area contributed by atoms with E-state index in [9.17, 15) is 4.79 Å². The molecule has 0 fully saturated rings. The fraction of sp³-hybridized carbons (Fsp3) is 0.292. The maximum Gasteiger partial charge on any atom is 0.277 e. The monoisotopic (exact) mass is 466 g/mol. The molecule has 2 aromatic carbocycles. The number of rotatable bonds is 8. The molecule has 2 N–H and O–H groups in total. The molecule has 0 spiro atoms. The minimum Gasteiger partial charge on any atom is -0.493 e. The van der Waals surface area contributed by atoms with E-state index in [0.29, 0.717) is 41.6 Å². The van der Waals surface area contributed by atoms with Crippen molar-refractivity contribution in [1.82, 2.24) is 19.5 Å². The number of methoxy groups -OCH3 is 2. The van der Waals surface area contributed by atoms with Crippen LogP contribution >= 0.6 is 12.2 Å². The lowest BCUT2D eigenvalue weighted by molar-refractivity contribution is -0.0393. The average molecular weight is 467 g/mol. The van der Waals surface area contributed by atoms with Gasteiger partial charge in [0, 0.05) is 0 Å². The van der Waals surface area contributed by atoms with Gasteiger partial charge in [-0.25, -0.2) is 4.98 Å². The molecule has 4 aromatic rings. The molecule has 33 heavy (non-hydrogen) atoms. The number of nitrogens with one attached hydrogen (secondary N) is 2. The third-order valence-corrected chi connectivity index (χ3v) is 5.76. The zero-order valence-corrected chi connectivity index (χ0v) is 19.8. The largest absolute Gasteiger partial charge is 0.493 e. The van der Waals surface area contributed by atoms with Crippen LogP contribution in [0.1, 0.15) is 30.8 Å².